The van der Waals surface area contributed by atoms with Crippen LogP contribution in [0.25, 0.3) is 0 Å². The largest absolute Gasteiger partial charge is 0.388 e. The molecule has 0 aliphatic heterocycles. The van der Waals surface area contributed by atoms with Crippen LogP contribution in [0.4, 0.5) is 0 Å². The molecule has 0 saturated carbocycles. The molecule has 2 nitrogen and oxygen atoms in total. The Balaban J connectivity index is 2.26. The summed E-state index contributed by atoms with van der Waals surface area (Å²) >= 11 is 0. The molecule has 0 fully saturated rings. The Hall–Kier alpha value is -0.760. The molecule has 0 spiro atoms. The van der Waals surface area contributed by atoms with Gasteiger partial charge in [-0.15, -0.1) is 0 Å². The van der Waals surface area contributed by atoms with Crippen LogP contribution in [0.15, 0.2) is 12.3 Å². The lowest BCUT2D eigenvalue weighted by Crippen LogP contribution is -2.14. The highest BCUT2D eigenvalue weighted by Crippen LogP contribution is 2.32. The van der Waals surface area contributed by atoms with Gasteiger partial charge in [-0.05, 0) is 38.7 Å². The first-order chi connectivity index (χ1) is 7.24. The van der Waals surface area contributed by atoms with Gasteiger partial charge >= 0.3 is 0 Å². The van der Waals surface area contributed by atoms with Crippen molar-refractivity contribution in [2.45, 2.75) is 58.1 Å². The molecule has 0 saturated heterocycles. The van der Waals surface area contributed by atoms with Crippen molar-refractivity contribution in [3.05, 3.63) is 23.5 Å². The van der Waals surface area contributed by atoms with E-state index in [0.717, 1.165) is 19.3 Å². The van der Waals surface area contributed by atoms with Crippen molar-refractivity contribution in [1.82, 2.24) is 4.57 Å². The second-order valence-corrected chi connectivity index (χ2v) is 4.67. The topological polar surface area (TPSA) is 25.2 Å². The highest BCUT2D eigenvalue weighted by molar-refractivity contribution is 5.27. The van der Waals surface area contributed by atoms with Crippen molar-refractivity contribution in [2.24, 2.45) is 0 Å². The zero-order chi connectivity index (χ0) is 10.8. The number of aliphatic hydroxyl groups excluding tert-OH is 1. The van der Waals surface area contributed by atoms with Gasteiger partial charge in [0.05, 0.1) is 6.10 Å². The molecular formula is C13H21NO. The van der Waals surface area contributed by atoms with Gasteiger partial charge in [-0.2, -0.15) is 0 Å². The highest BCUT2D eigenvalue weighted by Gasteiger charge is 2.22. The van der Waals surface area contributed by atoms with E-state index in [1.807, 2.05) is 0 Å². The molecule has 1 aromatic rings. The predicted molar refractivity (Wildman–Crippen MR) is 61.9 cm³/mol. The Labute approximate surface area is 91.9 Å². The monoisotopic (exact) mass is 207 g/mol. The Morgan fingerprint density at radius 2 is 2.40 bits per heavy atom. The van der Waals surface area contributed by atoms with E-state index in [-0.39, 0.29) is 6.10 Å². The number of hydrogen-bond acceptors (Lipinski definition) is 1. The lowest BCUT2D eigenvalue weighted by molar-refractivity contribution is 0.155. The number of fused-ring (bicyclic) bond motifs is 1. The number of aliphatic hydroxyl groups is 1. The van der Waals surface area contributed by atoms with E-state index in [9.17, 15) is 5.11 Å². The van der Waals surface area contributed by atoms with Crippen LogP contribution in [-0.2, 0) is 6.42 Å². The molecule has 0 radical (unpaired) electrons. The Morgan fingerprint density at radius 3 is 3.13 bits per heavy atom. The molecule has 1 N–H and O–H groups in total. The molecule has 1 aromatic heterocycles. The molecule has 15 heavy (non-hydrogen) atoms. The first-order valence-corrected chi connectivity index (χ1v) is 6.11. The maximum atomic E-state index is 9.87. The third-order valence-corrected chi connectivity index (χ3v) is 3.49. The van der Waals surface area contributed by atoms with Crippen LogP contribution in [-0.4, -0.2) is 9.67 Å². The van der Waals surface area contributed by atoms with Crippen LogP contribution < -0.4 is 0 Å². The van der Waals surface area contributed by atoms with E-state index in [0.29, 0.717) is 6.04 Å². The van der Waals surface area contributed by atoms with Gasteiger partial charge in [0.2, 0.25) is 0 Å². The van der Waals surface area contributed by atoms with Crippen LogP contribution in [0.5, 0.6) is 0 Å². The fourth-order valence-corrected chi connectivity index (χ4v) is 2.66. The maximum absolute atomic E-state index is 9.87. The van der Waals surface area contributed by atoms with Gasteiger partial charge in [0, 0.05) is 23.5 Å². The number of nitrogens with zero attached hydrogens (tertiary/aromatic N) is 1. The second-order valence-electron chi connectivity index (χ2n) is 4.67. The minimum atomic E-state index is -0.219. The lowest BCUT2D eigenvalue weighted by Gasteiger charge is -2.23. The summed E-state index contributed by atoms with van der Waals surface area (Å²) in [5.74, 6) is 0. The number of aromatic nitrogens is 1. The average Bonchev–Trinajstić information content (AvgIpc) is 2.63. The summed E-state index contributed by atoms with van der Waals surface area (Å²) in [4.78, 5) is 0. The Bertz CT molecular complexity index is 329. The lowest BCUT2D eigenvalue weighted by atomic mass is 9.95. The third kappa shape index (κ3) is 1.96. The highest BCUT2D eigenvalue weighted by atomic mass is 16.3. The van der Waals surface area contributed by atoms with Crippen LogP contribution >= 0.6 is 0 Å². The molecule has 1 heterocycles. The van der Waals surface area contributed by atoms with Crippen molar-refractivity contribution >= 4 is 0 Å². The zero-order valence-corrected chi connectivity index (χ0v) is 9.74. The van der Waals surface area contributed by atoms with E-state index in [4.69, 9.17) is 0 Å². The molecule has 2 atom stereocenters. The summed E-state index contributed by atoms with van der Waals surface area (Å²) in [6.45, 7) is 4.49. The van der Waals surface area contributed by atoms with Crippen molar-refractivity contribution in [1.29, 1.82) is 0 Å². The van der Waals surface area contributed by atoms with Gasteiger partial charge < -0.3 is 9.67 Å². The first-order valence-electron chi connectivity index (χ1n) is 6.11. The molecule has 0 amide bonds. The van der Waals surface area contributed by atoms with Gasteiger partial charge in [0.15, 0.2) is 0 Å². The summed E-state index contributed by atoms with van der Waals surface area (Å²) < 4.78 is 2.36. The van der Waals surface area contributed by atoms with Gasteiger partial charge in [-0.3, -0.25) is 0 Å². The van der Waals surface area contributed by atoms with E-state index < -0.39 is 0 Å². The van der Waals surface area contributed by atoms with Crippen LogP contribution in [0.1, 0.15) is 62.9 Å². The van der Waals surface area contributed by atoms with Gasteiger partial charge in [0.25, 0.3) is 0 Å². The van der Waals surface area contributed by atoms with Crippen molar-refractivity contribution < 1.29 is 5.11 Å². The maximum Gasteiger partial charge on any atom is 0.0807 e. The molecular weight excluding hydrogens is 186 g/mol. The van der Waals surface area contributed by atoms with E-state index >= 15 is 0 Å². The summed E-state index contributed by atoms with van der Waals surface area (Å²) in [5.41, 5.74) is 2.54. The van der Waals surface area contributed by atoms with Crippen molar-refractivity contribution in [2.75, 3.05) is 0 Å². The molecule has 84 valence electrons. The van der Waals surface area contributed by atoms with Gasteiger partial charge in [-0.1, -0.05) is 13.3 Å². The number of rotatable bonds is 3. The van der Waals surface area contributed by atoms with Gasteiger partial charge in [-0.25, -0.2) is 0 Å². The third-order valence-electron chi connectivity index (χ3n) is 3.49. The Kier molecular flexibility index (Phi) is 3.15. The fourth-order valence-electron chi connectivity index (χ4n) is 2.66. The van der Waals surface area contributed by atoms with E-state index in [2.05, 4.69) is 30.7 Å². The molecule has 2 unspecified atom stereocenters. The molecule has 2 rings (SSSR count). The summed E-state index contributed by atoms with van der Waals surface area (Å²) in [7, 11) is 0. The summed E-state index contributed by atoms with van der Waals surface area (Å²) in [6.07, 6.45) is 7.56. The minimum absolute atomic E-state index is 0.219. The normalized spacial score (nSPS) is 22.5. The quantitative estimate of drug-likeness (QED) is 0.809. The predicted octanol–water partition coefficient (Wildman–Crippen LogP) is 3.22. The van der Waals surface area contributed by atoms with Gasteiger partial charge in [0.1, 0.15) is 0 Å². The zero-order valence-electron chi connectivity index (χ0n) is 9.74. The average molecular weight is 207 g/mol. The molecule has 0 bridgehead atoms. The molecule has 0 aromatic carbocycles. The molecule has 2 heteroatoms. The molecule has 1 aliphatic carbocycles. The van der Waals surface area contributed by atoms with Crippen LogP contribution in [0.2, 0.25) is 0 Å². The smallest absolute Gasteiger partial charge is 0.0807 e. The second kappa shape index (κ2) is 4.40. The van der Waals surface area contributed by atoms with Crippen LogP contribution in [0, 0.1) is 0 Å². The van der Waals surface area contributed by atoms with Crippen LogP contribution in [0.3, 0.4) is 0 Å². The minimum Gasteiger partial charge on any atom is -0.388 e. The number of hydrogen-bond donors (Lipinski definition) is 1. The molecule has 1 aliphatic rings. The fraction of sp³-hybridized carbons (Fsp3) is 0.692. The summed E-state index contributed by atoms with van der Waals surface area (Å²) in [6, 6.07) is 2.68. The van der Waals surface area contributed by atoms with E-state index in [1.165, 1.54) is 24.1 Å². The standard InChI is InChI=1S/C13H21NO/c1-3-5-10(2)14-9-8-11-12(14)6-4-7-13(11)15/h8-10,13,15H,3-7H2,1-2H3. The SMILES string of the molecule is CCCC(C)n1ccc2c1CCCC2O. The van der Waals surface area contributed by atoms with E-state index in [1.54, 1.807) is 0 Å². The first kappa shape index (κ1) is 10.7. The Morgan fingerprint density at radius 1 is 1.60 bits per heavy atom. The van der Waals surface area contributed by atoms with Crippen molar-refractivity contribution in [3.63, 3.8) is 0 Å². The van der Waals surface area contributed by atoms with Crippen molar-refractivity contribution in [3.8, 4) is 0 Å². The summed E-state index contributed by atoms with van der Waals surface area (Å²) in [5, 5.41) is 9.87.